The van der Waals surface area contributed by atoms with Gasteiger partial charge in [-0.25, -0.2) is 4.98 Å². The Balaban J connectivity index is 0.982. The number of aromatic nitrogens is 4. The summed E-state index contributed by atoms with van der Waals surface area (Å²) >= 11 is 0. The lowest BCUT2D eigenvalue weighted by atomic mass is 9.62. The third-order valence-electron chi connectivity index (χ3n) is 18.1. The number of furan rings is 1. The van der Waals surface area contributed by atoms with Crippen LogP contribution in [0.4, 0.5) is 0 Å². The van der Waals surface area contributed by atoms with Crippen molar-refractivity contribution in [2.75, 3.05) is 0 Å². The molecule has 0 radical (unpaired) electrons. The van der Waals surface area contributed by atoms with Crippen molar-refractivity contribution in [3.8, 4) is 73.2 Å². The number of para-hydroxylation sites is 3. The first kappa shape index (κ1) is 50.0. The Hall–Kier alpha value is -9.00. The molecule has 0 bridgehead atoms. The van der Waals surface area contributed by atoms with E-state index < -0.39 is 0 Å². The van der Waals surface area contributed by atoms with Gasteiger partial charge in [-0.05, 0) is 180 Å². The van der Waals surface area contributed by atoms with Gasteiger partial charge in [0.1, 0.15) is 28.5 Å². The van der Waals surface area contributed by atoms with Crippen molar-refractivity contribution in [2.45, 2.75) is 104 Å². The first-order chi connectivity index (χ1) is 39.4. The van der Waals surface area contributed by atoms with Gasteiger partial charge in [-0.3, -0.25) is 13.7 Å². The van der Waals surface area contributed by atoms with Crippen molar-refractivity contribution in [3.05, 3.63) is 223 Å². The minimum absolute atomic E-state index is 0.00128. The van der Waals surface area contributed by atoms with Gasteiger partial charge >= 0.3 is 0 Å². The summed E-state index contributed by atoms with van der Waals surface area (Å²) < 4.78 is 20.4. The number of hydrogen-bond donors (Lipinski definition) is 0. The fourth-order valence-corrected chi connectivity index (χ4v) is 13.6. The molecule has 82 heavy (non-hydrogen) atoms. The van der Waals surface area contributed by atoms with E-state index >= 15 is 0 Å². The highest BCUT2D eigenvalue weighted by Crippen LogP contribution is 2.53. The van der Waals surface area contributed by atoms with Crippen LogP contribution >= 0.6 is 0 Å². The molecule has 13 aromatic rings. The second kappa shape index (κ2) is 17.7. The Morgan fingerprint density at radius 2 is 1.16 bits per heavy atom. The molecule has 0 fully saturated rings. The molecule has 0 N–H and O–H groups in total. The van der Waals surface area contributed by atoms with E-state index in [1.165, 1.54) is 55.5 Å². The molecule has 4 aromatic heterocycles. The van der Waals surface area contributed by atoms with Crippen LogP contribution in [0.2, 0.25) is 0 Å². The van der Waals surface area contributed by atoms with Crippen LogP contribution < -0.4 is 9.30 Å². The summed E-state index contributed by atoms with van der Waals surface area (Å²) in [6, 6.07) is 68.9. The van der Waals surface area contributed by atoms with E-state index in [1.54, 1.807) is 0 Å². The third kappa shape index (κ3) is 7.81. The number of ether oxygens (including phenoxy) is 1. The zero-order valence-corrected chi connectivity index (χ0v) is 48.5. The van der Waals surface area contributed by atoms with Crippen molar-refractivity contribution >= 4 is 54.8 Å². The predicted octanol–water partition coefficient (Wildman–Crippen LogP) is 19.8. The van der Waals surface area contributed by atoms with Crippen LogP contribution in [0.1, 0.15) is 104 Å². The van der Waals surface area contributed by atoms with Crippen molar-refractivity contribution in [1.29, 1.82) is 0 Å². The van der Waals surface area contributed by atoms with E-state index in [2.05, 4.69) is 271 Å². The average molecular weight is 1070 g/mol. The van der Waals surface area contributed by atoms with E-state index in [0.717, 1.165) is 102 Å². The molecule has 0 saturated carbocycles. The first-order valence-electron chi connectivity index (χ1n) is 29.1. The summed E-state index contributed by atoms with van der Waals surface area (Å²) in [6.07, 6.45) is 8.31. The predicted molar refractivity (Wildman–Crippen MR) is 338 cm³/mol. The minimum atomic E-state index is -0.230. The van der Waals surface area contributed by atoms with Crippen LogP contribution in [-0.2, 0) is 21.7 Å². The number of rotatable bonds is 5. The Bertz CT molecular complexity index is 4810. The van der Waals surface area contributed by atoms with Gasteiger partial charge in [-0.1, -0.05) is 172 Å². The molecule has 1 aliphatic carbocycles. The van der Waals surface area contributed by atoms with Crippen LogP contribution in [0.15, 0.2) is 199 Å². The average Bonchev–Trinajstić information content (AvgIpc) is 1.88. The summed E-state index contributed by atoms with van der Waals surface area (Å²) in [7, 11) is 0. The minimum Gasteiger partial charge on any atom is -0.458 e. The lowest BCUT2D eigenvalue weighted by molar-refractivity contribution is -0.572. The molecule has 15 rings (SSSR count). The first-order valence-corrected chi connectivity index (χ1v) is 29.1. The van der Waals surface area contributed by atoms with Gasteiger partial charge in [0.25, 0.3) is 6.33 Å². The largest absolute Gasteiger partial charge is 0.458 e. The van der Waals surface area contributed by atoms with Crippen molar-refractivity contribution in [3.63, 3.8) is 0 Å². The van der Waals surface area contributed by atoms with Crippen molar-refractivity contribution in [1.82, 2.24) is 14.1 Å². The summed E-state index contributed by atoms with van der Waals surface area (Å²) in [6.45, 7) is 23.5. The number of hydrogen-bond acceptors (Lipinski definition) is 3. The number of fused-ring (bicyclic) bond motifs is 14. The molecule has 6 heteroatoms. The number of imidazole rings is 1. The van der Waals surface area contributed by atoms with Gasteiger partial charge in [0.05, 0.1) is 33.4 Å². The van der Waals surface area contributed by atoms with E-state index in [0.29, 0.717) is 5.75 Å². The number of benzene rings is 9. The Morgan fingerprint density at radius 1 is 0.500 bits per heavy atom. The topological polar surface area (TPSA) is 49.0 Å². The maximum Gasteiger partial charge on any atom is 0.269 e. The maximum absolute atomic E-state index is 7.02. The molecule has 0 spiro atoms. The van der Waals surface area contributed by atoms with Gasteiger partial charge < -0.3 is 9.15 Å². The molecular weight excluding hydrogens is 1000 g/mol. The molecule has 402 valence electrons. The SMILES string of the molecule is CC(C)(C)c1ccnc(-n2c3ccccc3c3ccc(Oc4cccc(-n5[c-][n+]6c7c(cc(-c8ccc9oc%10ccccc%10c9c8)cc75)-c5ccccc5-c5cc7c(cc5-c5cccc(C(C)(C)C)c5-6)C(C)(C)CCC7(C)C)c4)cc32)c1. The van der Waals surface area contributed by atoms with E-state index in [1.807, 2.05) is 12.3 Å². The fraction of sp³-hybridized carbons (Fsp3) is 0.211. The molecule has 1 aliphatic heterocycles. The summed E-state index contributed by atoms with van der Waals surface area (Å²) in [5.74, 6) is 2.33. The van der Waals surface area contributed by atoms with Crippen LogP contribution in [-0.4, -0.2) is 14.1 Å². The smallest absolute Gasteiger partial charge is 0.269 e. The monoisotopic (exact) mass is 1070 g/mol. The van der Waals surface area contributed by atoms with Gasteiger partial charge in [-0.15, -0.1) is 0 Å². The van der Waals surface area contributed by atoms with Gasteiger partial charge in [0.2, 0.25) is 0 Å². The lowest BCUT2D eigenvalue weighted by Crippen LogP contribution is -2.35. The van der Waals surface area contributed by atoms with Gasteiger partial charge in [-0.2, -0.15) is 0 Å². The lowest BCUT2D eigenvalue weighted by Gasteiger charge is -2.42. The van der Waals surface area contributed by atoms with Gasteiger partial charge in [0.15, 0.2) is 0 Å². The molecule has 6 nitrogen and oxygen atoms in total. The zero-order valence-electron chi connectivity index (χ0n) is 48.5. The van der Waals surface area contributed by atoms with E-state index in [4.69, 9.17) is 14.1 Å². The number of nitrogens with zero attached hydrogens (tertiary/aromatic N) is 4. The standard InChI is InChI=1S/C76H66N4O2/c1-73(2,3)48-33-36-77-70(40-48)80-65-27-15-13-23-54(65)55-31-30-51(42-66(55)80)81-50-20-17-19-49(41-50)78-45-79-71-57(25-18-26-62(71)74(4,5)6)59-44-64-63(75(7,8)34-35-76(64,9)10)43-58(59)52-21-11-12-22-53(52)61-38-47(39-67(78)72(61)79)46-29-32-69-60(37-46)56-24-14-16-28-68(56)82-69/h11-33,36-44H,34-35H2,1-10H3. The van der Waals surface area contributed by atoms with E-state index in [9.17, 15) is 0 Å². The highest BCUT2D eigenvalue weighted by atomic mass is 16.5. The molecule has 9 aromatic carbocycles. The highest BCUT2D eigenvalue weighted by molar-refractivity contribution is 6.10. The Morgan fingerprint density at radius 3 is 1.93 bits per heavy atom. The molecular formula is C76H66N4O2. The van der Waals surface area contributed by atoms with Crippen molar-refractivity contribution in [2.24, 2.45) is 0 Å². The van der Waals surface area contributed by atoms with Crippen LogP contribution in [0.25, 0.3) is 116 Å². The molecule has 2 aliphatic rings. The van der Waals surface area contributed by atoms with Crippen LogP contribution in [0.5, 0.6) is 11.5 Å². The maximum atomic E-state index is 7.02. The Kier molecular flexibility index (Phi) is 10.8. The van der Waals surface area contributed by atoms with Gasteiger partial charge in [0, 0.05) is 33.8 Å². The normalized spacial score (nSPS) is 14.6. The van der Waals surface area contributed by atoms with Crippen LogP contribution in [0, 0.1) is 6.33 Å². The second-order valence-corrected chi connectivity index (χ2v) is 26.5. The zero-order chi connectivity index (χ0) is 56.2. The summed E-state index contributed by atoms with van der Waals surface area (Å²) in [5.41, 5.74) is 22.6. The molecule has 5 heterocycles. The molecule has 0 saturated heterocycles. The third-order valence-corrected chi connectivity index (χ3v) is 18.1. The highest BCUT2D eigenvalue weighted by Gasteiger charge is 2.39. The van der Waals surface area contributed by atoms with Crippen LogP contribution in [0.3, 0.4) is 0 Å². The number of pyridine rings is 1. The fourth-order valence-electron chi connectivity index (χ4n) is 13.6. The molecule has 0 amide bonds. The van der Waals surface area contributed by atoms with Crippen molar-refractivity contribution < 1.29 is 13.7 Å². The Labute approximate surface area is 479 Å². The molecule has 0 unspecified atom stereocenters. The second-order valence-electron chi connectivity index (χ2n) is 26.5. The quantitative estimate of drug-likeness (QED) is 0.127. The summed E-state index contributed by atoms with van der Waals surface area (Å²) in [5, 5.41) is 4.51. The molecule has 0 atom stereocenters. The summed E-state index contributed by atoms with van der Waals surface area (Å²) in [4.78, 5) is 4.96. The van der Waals surface area contributed by atoms with E-state index in [-0.39, 0.29) is 21.7 Å².